The second kappa shape index (κ2) is 4.76. The van der Waals surface area contributed by atoms with Crippen LogP contribution >= 0.6 is 0 Å². The molecule has 2 atom stereocenters. The molecule has 1 aromatic rings. The van der Waals surface area contributed by atoms with Crippen molar-refractivity contribution in [2.45, 2.75) is 44.7 Å². The molecular weight excluding hydrogens is 230 g/mol. The molecule has 0 aromatic carbocycles. The van der Waals surface area contributed by atoms with Crippen molar-refractivity contribution in [1.29, 1.82) is 0 Å². The van der Waals surface area contributed by atoms with E-state index in [1.54, 1.807) is 6.07 Å². The lowest BCUT2D eigenvalue weighted by atomic mass is 9.92. The maximum Gasteiger partial charge on any atom is 0.339 e. The molecule has 0 bridgehead atoms. The van der Waals surface area contributed by atoms with Crippen LogP contribution in [-0.4, -0.2) is 28.6 Å². The van der Waals surface area contributed by atoms with E-state index in [2.05, 4.69) is 4.90 Å². The number of hydrogen-bond donors (Lipinski definition) is 1. The molecule has 0 spiro atoms. The highest BCUT2D eigenvalue weighted by molar-refractivity contribution is 5.88. The number of piperidine rings is 1. The van der Waals surface area contributed by atoms with Gasteiger partial charge in [-0.25, -0.2) is 4.79 Å². The summed E-state index contributed by atoms with van der Waals surface area (Å²) in [6.45, 7) is 1.72. The molecule has 2 fully saturated rings. The lowest BCUT2D eigenvalue weighted by molar-refractivity contribution is 0.0684. The Morgan fingerprint density at radius 1 is 1.39 bits per heavy atom. The molecule has 2 unspecified atom stereocenters. The highest BCUT2D eigenvalue weighted by Gasteiger charge is 2.35. The summed E-state index contributed by atoms with van der Waals surface area (Å²) in [5.74, 6) is 0.538. The van der Waals surface area contributed by atoms with E-state index in [0.29, 0.717) is 23.9 Å². The summed E-state index contributed by atoms with van der Waals surface area (Å²) < 4.78 is 5.35. The molecule has 3 rings (SSSR count). The zero-order chi connectivity index (χ0) is 12.5. The third-order valence-corrected chi connectivity index (χ3v) is 4.43. The lowest BCUT2D eigenvalue weighted by Gasteiger charge is -2.37. The zero-order valence-electron chi connectivity index (χ0n) is 10.5. The van der Waals surface area contributed by atoms with Gasteiger partial charge in [-0.3, -0.25) is 4.90 Å². The number of fused-ring (bicyclic) bond motifs is 1. The minimum Gasteiger partial charge on any atom is -0.478 e. The molecule has 4 heteroatoms. The van der Waals surface area contributed by atoms with Gasteiger partial charge in [-0.05, 0) is 44.2 Å². The van der Waals surface area contributed by atoms with Gasteiger partial charge in [0.25, 0.3) is 0 Å². The molecule has 1 aliphatic carbocycles. The van der Waals surface area contributed by atoms with Gasteiger partial charge in [0.1, 0.15) is 11.3 Å². The van der Waals surface area contributed by atoms with Crippen LogP contribution in [0, 0.1) is 5.92 Å². The summed E-state index contributed by atoms with van der Waals surface area (Å²) in [4.78, 5) is 13.5. The number of carbonyl (C=O) groups is 1. The number of likely N-dealkylation sites (tertiary alicyclic amines) is 1. The molecule has 4 nitrogen and oxygen atoms in total. The molecular formula is C14H19NO3. The van der Waals surface area contributed by atoms with Gasteiger partial charge in [-0.1, -0.05) is 6.42 Å². The molecule has 0 radical (unpaired) electrons. The fourth-order valence-electron chi connectivity index (χ4n) is 3.59. The van der Waals surface area contributed by atoms with Gasteiger partial charge in [0.2, 0.25) is 0 Å². The van der Waals surface area contributed by atoms with Crippen LogP contribution in [0.15, 0.2) is 16.7 Å². The van der Waals surface area contributed by atoms with Crippen LogP contribution in [0.25, 0.3) is 0 Å². The SMILES string of the molecule is O=C(O)c1ccoc1CN1CCCC2CCCC21. The Morgan fingerprint density at radius 2 is 2.22 bits per heavy atom. The first-order valence-corrected chi connectivity index (χ1v) is 6.79. The second-order valence-corrected chi connectivity index (χ2v) is 5.43. The van der Waals surface area contributed by atoms with Crippen LogP contribution < -0.4 is 0 Å². The number of hydrogen-bond acceptors (Lipinski definition) is 3. The summed E-state index contributed by atoms with van der Waals surface area (Å²) in [7, 11) is 0. The number of carboxylic acids is 1. The number of rotatable bonds is 3. The van der Waals surface area contributed by atoms with Gasteiger partial charge in [-0.2, -0.15) is 0 Å². The minimum absolute atomic E-state index is 0.315. The second-order valence-electron chi connectivity index (χ2n) is 5.43. The highest BCUT2D eigenvalue weighted by atomic mass is 16.4. The van der Waals surface area contributed by atoms with Crippen molar-refractivity contribution < 1.29 is 14.3 Å². The van der Waals surface area contributed by atoms with E-state index < -0.39 is 5.97 Å². The van der Waals surface area contributed by atoms with E-state index in [9.17, 15) is 4.79 Å². The average Bonchev–Trinajstić information content (AvgIpc) is 2.96. The normalized spacial score (nSPS) is 28.2. The maximum atomic E-state index is 11.1. The largest absolute Gasteiger partial charge is 0.478 e. The Balaban J connectivity index is 1.75. The molecule has 2 aliphatic rings. The Labute approximate surface area is 107 Å². The molecule has 2 heterocycles. The molecule has 1 N–H and O–H groups in total. The third kappa shape index (κ3) is 2.05. The summed E-state index contributed by atoms with van der Waals surface area (Å²) >= 11 is 0. The van der Waals surface area contributed by atoms with Gasteiger partial charge in [0.05, 0.1) is 12.8 Å². The Hall–Kier alpha value is -1.29. The quantitative estimate of drug-likeness (QED) is 0.895. The molecule has 1 aliphatic heterocycles. The topological polar surface area (TPSA) is 53.7 Å². The predicted molar refractivity (Wildman–Crippen MR) is 66.4 cm³/mol. The predicted octanol–water partition coefficient (Wildman–Crippen LogP) is 2.74. The molecule has 0 amide bonds. The number of carboxylic acid groups (broad SMARTS) is 1. The van der Waals surface area contributed by atoms with Gasteiger partial charge in [-0.15, -0.1) is 0 Å². The van der Waals surface area contributed by atoms with E-state index in [1.807, 2.05) is 0 Å². The average molecular weight is 249 g/mol. The zero-order valence-corrected chi connectivity index (χ0v) is 10.5. The highest BCUT2D eigenvalue weighted by Crippen LogP contribution is 2.37. The van der Waals surface area contributed by atoms with Crippen LogP contribution in [0.4, 0.5) is 0 Å². The van der Waals surface area contributed by atoms with E-state index >= 15 is 0 Å². The van der Waals surface area contributed by atoms with Gasteiger partial charge in [0, 0.05) is 6.04 Å². The maximum absolute atomic E-state index is 11.1. The first-order chi connectivity index (χ1) is 8.75. The smallest absolute Gasteiger partial charge is 0.339 e. The van der Waals surface area contributed by atoms with Crippen molar-refractivity contribution in [2.24, 2.45) is 5.92 Å². The van der Waals surface area contributed by atoms with Crippen molar-refractivity contribution >= 4 is 5.97 Å². The van der Waals surface area contributed by atoms with Crippen LogP contribution in [0.5, 0.6) is 0 Å². The van der Waals surface area contributed by atoms with Crippen LogP contribution in [-0.2, 0) is 6.54 Å². The molecule has 18 heavy (non-hydrogen) atoms. The van der Waals surface area contributed by atoms with Crippen LogP contribution in [0.3, 0.4) is 0 Å². The fraction of sp³-hybridized carbons (Fsp3) is 0.643. The van der Waals surface area contributed by atoms with E-state index in [1.165, 1.54) is 38.4 Å². The standard InChI is InChI=1S/C14H19NO3/c16-14(17)11-6-8-18-13(11)9-15-7-2-4-10-3-1-5-12(10)15/h6,8,10,12H,1-5,7,9H2,(H,16,17). The van der Waals surface area contributed by atoms with Crippen LogP contribution in [0.1, 0.15) is 48.2 Å². The van der Waals surface area contributed by atoms with Crippen molar-refractivity contribution in [2.75, 3.05) is 6.54 Å². The lowest BCUT2D eigenvalue weighted by Crippen LogP contribution is -2.42. The molecule has 1 aromatic heterocycles. The van der Waals surface area contributed by atoms with Crippen molar-refractivity contribution in [3.8, 4) is 0 Å². The molecule has 1 saturated heterocycles. The van der Waals surface area contributed by atoms with Crippen molar-refractivity contribution in [3.05, 3.63) is 23.7 Å². The molecule has 1 saturated carbocycles. The van der Waals surface area contributed by atoms with Gasteiger partial charge >= 0.3 is 5.97 Å². The van der Waals surface area contributed by atoms with E-state index in [0.717, 1.165) is 12.5 Å². The minimum atomic E-state index is -0.890. The third-order valence-electron chi connectivity index (χ3n) is 4.43. The first kappa shape index (κ1) is 11.8. The number of nitrogens with zero attached hydrogens (tertiary/aromatic N) is 1. The number of furan rings is 1. The van der Waals surface area contributed by atoms with E-state index in [-0.39, 0.29) is 0 Å². The van der Waals surface area contributed by atoms with Crippen LogP contribution in [0.2, 0.25) is 0 Å². The van der Waals surface area contributed by atoms with Gasteiger partial charge in [0.15, 0.2) is 0 Å². The first-order valence-electron chi connectivity index (χ1n) is 6.79. The summed E-state index contributed by atoms with van der Waals surface area (Å²) in [5, 5.41) is 9.09. The monoisotopic (exact) mass is 249 g/mol. The van der Waals surface area contributed by atoms with Gasteiger partial charge < -0.3 is 9.52 Å². The fourth-order valence-corrected chi connectivity index (χ4v) is 3.59. The summed E-state index contributed by atoms with van der Waals surface area (Å²) in [6.07, 6.45) is 7.96. The van der Waals surface area contributed by atoms with E-state index in [4.69, 9.17) is 9.52 Å². The summed E-state index contributed by atoms with van der Waals surface area (Å²) in [5.41, 5.74) is 0.315. The summed E-state index contributed by atoms with van der Waals surface area (Å²) in [6, 6.07) is 2.19. The van der Waals surface area contributed by atoms with Crippen molar-refractivity contribution in [1.82, 2.24) is 4.90 Å². The molecule has 98 valence electrons. The Morgan fingerprint density at radius 3 is 3.06 bits per heavy atom. The Bertz CT molecular complexity index is 440. The van der Waals surface area contributed by atoms with Crippen molar-refractivity contribution in [3.63, 3.8) is 0 Å². The Kier molecular flexibility index (Phi) is 3.12. The number of aromatic carboxylic acids is 1.